The Kier molecular flexibility index (Phi) is 8.59. The lowest BCUT2D eigenvalue weighted by Gasteiger charge is -2.19. The number of nitrogens with zero attached hydrogens (tertiary/aromatic N) is 3. The van der Waals surface area contributed by atoms with Crippen molar-refractivity contribution < 1.29 is 8.78 Å². The van der Waals surface area contributed by atoms with Gasteiger partial charge in [-0.3, -0.25) is 0 Å². The predicted molar refractivity (Wildman–Crippen MR) is 244 cm³/mol. The molecule has 0 spiro atoms. The van der Waals surface area contributed by atoms with E-state index in [1.54, 1.807) is 12.1 Å². The first-order valence-corrected chi connectivity index (χ1v) is 20.3. The van der Waals surface area contributed by atoms with Gasteiger partial charge in [-0.15, -0.1) is 0 Å². The number of para-hydroxylation sites is 2. The second-order valence-electron chi connectivity index (χ2n) is 16.3. The van der Waals surface area contributed by atoms with Crippen LogP contribution in [0.25, 0.3) is 88.4 Å². The minimum Gasteiger partial charge on any atom is -0.308 e. The summed E-state index contributed by atoms with van der Waals surface area (Å²) in [4.78, 5) is 0. The van der Waals surface area contributed by atoms with Crippen molar-refractivity contribution >= 4 is 43.6 Å². The molecule has 2 heterocycles. The molecule has 0 atom stereocenters. The van der Waals surface area contributed by atoms with Gasteiger partial charge in [-0.2, -0.15) is 5.26 Å². The lowest BCUT2D eigenvalue weighted by Crippen LogP contribution is -2.06. The van der Waals surface area contributed by atoms with Gasteiger partial charge in [0.25, 0.3) is 0 Å². The second-order valence-corrected chi connectivity index (χ2v) is 16.3. The summed E-state index contributed by atoms with van der Waals surface area (Å²) >= 11 is 0. The molecular weight excluding hydrogens is 741 g/mol. The first-order chi connectivity index (χ1) is 29.0. The lowest BCUT2D eigenvalue weighted by molar-refractivity contribution is 0.589. The molecule has 0 fully saturated rings. The molecule has 0 aliphatic rings. The number of hydrogen-bond donors (Lipinski definition) is 0. The van der Waals surface area contributed by atoms with Crippen LogP contribution in [0.5, 0.6) is 0 Å². The molecule has 60 heavy (non-hydrogen) atoms. The normalized spacial score (nSPS) is 11.7. The molecule has 10 rings (SSSR count). The summed E-state index contributed by atoms with van der Waals surface area (Å²) in [6.07, 6.45) is 0. The van der Waals surface area contributed by atoms with Crippen LogP contribution in [0.1, 0.15) is 38.9 Å². The molecule has 0 saturated heterocycles. The fourth-order valence-corrected chi connectivity index (χ4v) is 10.0. The number of fused-ring (bicyclic) bond motifs is 6. The van der Waals surface area contributed by atoms with Gasteiger partial charge in [-0.25, -0.2) is 8.78 Å². The average Bonchev–Trinajstić information content (AvgIpc) is 3.72. The molecule has 0 amide bonds. The molecule has 8 aromatic carbocycles. The maximum Gasteiger partial charge on any atom is 0.133 e. The number of aromatic nitrogens is 2. The molecule has 10 aromatic rings. The van der Waals surface area contributed by atoms with Crippen LogP contribution >= 0.6 is 0 Å². The van der Waals surface area contributed by atoms with E-state index < -0.39 is 11.6 Å². The van der Waals surface area contributed by atoms with Crippen molar-refractivity contribution in [2.45, 2.75) is 41.5 Å². The molecular formula is C55H41F2N3. The summed E-state index contributed by atoms with van der Waals surface area (Å²) in [7, 11) is 0. The third kappa shape index (κ3) is 5.67. The van der Waals surface area contributed by atoms with Crippen LogP contribution < -0.4 is 0 Å². The Morgan fingerprint density at radius 1 is 0.400 bits per heavy atom. The highest BCUT2D eigenvalue weighted by atomic mass is 19.1. The van der Waals surface area contributed by atoms with Gasteiger partial charge in [0.15, 0.2) is 0 Å². The number of hydrogen-bond acceptors (Lipinski definition) is 1. The summed E-state index contributed by atoms with van der Waals surface area (Å²) in [5.41, 5.74) is 17.0. The van der Waals surface area contributed by atoms with Gasteiger partial charge >= 0.3 is 0 Å². The minimum absolute atomic E-state index is 0.147. The molecule has 0 radical (unpaired) electrons. The quantitative estimate of drug-likeness (QED) is 0.171. The molecule has 2 aromatic heterocycles. The number of halogens is 2. The van der Waals surface area contributed by atoms with Crippen LogP contribution in [0, 0.1) is 64.5 Å². The third-order valence-corrected chi connectivity index (χ3v) is 12.2. The van der Waals surface area contributed by atoms with Crippen molar-refractivity contribution in [1.29, 1.82) is 5.26 Å². The van der Waals surface area contributed by atoms with Crippen molar-refractivity contribution in [3.8, 4) is 50.8 Å². The first kappa shape index (κ1) is 37.0. The molecule has 5 heteroatoms. The number of rotatable bonds is 5. The molecule has 290 valence electrons. The van der Waals surface area contributed by atoms with Gasteiger partial charge < -0.3 is 9.13 Å². The molecule has 0 saturated carbocycles. The second kappa shape index (κ2) is 13.9. The Hall–Kier alpha value is -7.29. The Morgan fingerprint density at radius 2 is 0.800 bits per heavy atom. The highest BCUT2D eigenvalue weighted by Crippen LogP contribution is 2.43. The Bertz CT molecular complexity index is 3220. The van der Waals surface area contributed by atoms with Crippen LogP contribution in [-0.2, 0) is 0 Å². The van der Waals surface area contributed by atoms with Gasteiger partial charge in [0, 0.05) is 21.5 Å². The van der Waals surface area contributed by atoms with E-state index in [1.807, 2.05) is 36.4 Å². The Balaban J connectivity index is 1.31. The largest absolute Gasteiger partial charge is 0.308 e. The van der Waals surface area contributed by atoms with E-state index in [-0.39, 0.29) is 5.56 Å². The number of nitriles is 1. The van der Waals surface area contributed by atoms with E-state index in [4.69, 9.17) is 0 Å². The molecule has 3 nitrogen and oxygen atoms in total. The van der Waals surface area contributed by atoms with Crippen LogP contribution in [0.3, 0.4) is 0 Å². The minimum atomic E-state index is -0.678. The SMILES string of the molecule is Cc1cc(C)c(-c2ccc3c(c2)c2ccccc2n3-c2cc(-c3c(F)cccc3F)cc(-n3c4ccccc4c4cc(-c5c(C)cc(C)cc5C)ccc43)c2C#N)c(C)c1. The number of benzene rings is 8. The fraction of sp³-hybridized carbons (Fsp3) is 0.109. The van der Waals surface area contributed by atoms with Crippen LogP contribution in [0.4, 0.5) is 8.78 Å². The molecule has 0 aliphatic carbocycles. The van der Waals surface area contributed by atoms with Crippen LogP contribution in [0.15, 0.2) is 140 Å². The van der Waals surface area contributed by atoms with Gasteiger partial charge in [-0.05, 0) is 152 Å². The van der Waals surface area contributed by atoms with E-state index in [2.05, 4.69) is 130 Å². The smallest absolute Gasteiger partial charge is 0.133 e. The number of aryl methyl sites for hydroxylation is 6. The van der Waals surface area contributed by atoms with Crippen LogP contribution in [-0.4, -0.2) is 9.13 Å². The van der Waals surface area contributed by atoms with Gasteiger partial charge in [-0.1, -0.05) is 90.0 Å². The average molecular weight is 782 g/mol. The van der Waals surface area contributed by atoms with E-state index in [0.29, 0.717) is 22.5 Å². The van der Waals surface area contributed by atoms with Gasteiger partial charge in [0.2, 0.25) is 0 Å². The van der Waals surface area contributed by atoms with Crippen LogP contribution in [0.2, 0.25) is 0 Å². The summed E-state index contributed by atoms with van der Waals surface area (Å²) in [6.45, 7) is 12.8. The molecule has 0 aliphatic heterocycles. The Morgan fingerprint density at radius 3 is 1.22 bits per heavy atom. The zero-order valence-corrected chi connectivity index (χ0v) is 34.4. The van der Waals surface area contributed by atoms with Crippen molar-refractivity contribution in [1.82, 2.24) is 9.13 Å². The maximum atomic E-state index is 16.0. The van der Waals surface area contributed by atoms with E-state index in [9.17, 15) is 5.26 Å². The van der Waals surface area contributed by atoms with E-state index >= 15 is 8.78 Å². The lowest BCUT2D eigenvalue weighted by atomic mass is 9.93. The predicted octanol–water partition coefficient (Wildman–Crippen LogP) is 14.9. The third-order valence-electron chi connectivity index (χ3n) is 12.2. The highest BCUT2D eigenvalue weighted by molar-refractivity contribution is 6.12. The standard InChI is InChI=1S/C55H41F2N3/c1-31-22-33(3)53(34(4)23-31)37-18-20-49-42(26-37)40-12-7-9-16-47(40)59(49)51-28-39(55-45(56)14-11-15-46(55)57)29-52(44(51)30-58)60-48-17-10-8-13-41(48)43-27-38(19-21-50(43)60)54-35(5)24-32(2)25-36(54)6/h7-29H,1-6H3. The monoisotopic (exact) mass is 781 g/mol. The summed E-state index contributed by atoms with van der Waals surface area (Å²) in [5.74, 6) is -1.36. The zero-order chi connectivity index (χ0) is 41.6. The van der Waals surface area contributed by atoms with Crippen molar-refractivity contribution in [2.24, 2.45) is 0 Å². The van der Waals surface area contributed by atoms with Crippen molar-refractivity contribution in [3.63, 3.8) is 0 Å². The van der Waals surface area contributed by atoms with Crippen molar-refractivity contribution in [3.05, 3.63) is 190 Å². The highest BCUT2D eigenvalue weighted by Gasteiger charge is 2.25. The maximum absolute atomic E-state index is 16.0. The molecule has 0 unspecified atom stereocenters. The zero-order valence-electron chi connectivity index (χ0n) is 34.4. The van der Waals surface area contributed by atoms with Gasteiger partial charge in [0.05, 0.1) is 39.0 Å². The van der Waals surface area contributed by atoms with Gasteiger partial charge in [0.1, 0.15) is 23.3 Å². The topological polar surface area (TPSA) is 33.6 Å². The first-order valence-electron chi connectivity index (χ1n) is 20.3. The van der Waals surface area contributed by atoms with Crippen molar-refractivity contribution in [2.75, 3.05) is 0 Å². The summed E-state index contributed by atoms with van der Waals surface area (Å²) in [5, 5.41) is 15.4. The van der Waals surface area contributed by atoms with E-state index in [1.165, 1.54) is 62.7 Å². The van der Waals surface area contributed by atoms with E-state index in [0.717, 1.165) is 54.7 Å². The Labute approximate surface area is 348 Å². The summed E-state index contributed by atoms with van der Waals surface area (Å²) in [6, 6.07) is 48.2. The molecule has 0 N–H and O–H groups in total. The molecule has 0 bridgehead atoms. The summed E-state index contributed by atoms with van der Waals surface area (Å²) < 4.78 is 36.1. The fourth-order valence-electron chi connectivity index (χ4n) is 10.0.